The van der Waals surface area contributed by atoms with Crippen molar-refractivity contribution < 1.29 is 14.3 Å². The number of rotatable bonds is 6. The molecule has 1 saturated heterocycles. The summed E-state index contributed by atoms with van der Waals surface area (Å²) >= 11 is 6.23. The van der Waals surface area contributed by atoms with Gasteiger partial charge in [0.1, 0.15) is 23.5 Å². The fourth-order valence-corrected chi connectivity index (χ4v) is 3.91. The normalized spacial score (nSPS) is 19.8. The summed E-state index contributed by atoms with van der Waals surface area (Å²) in [4.78, 5) is 14.8. The van der Waals surface area contributed by atoms with Crippen LogP contribution in [-0.2, 0) is 11.3 Å². The van der Waals surface area contributed by atoms with Crippen LogP contribution in [0.1, 0.15) is 24.5 Å². The topological polar surface area (TPSA) is 76.4 Å². The average molecular weight is 402 g/mol. The Morgan fingerprint density at radius 1 is 1.43 bits per heavy atom. The van der Waals surface area contributed by atoms with E-state index in [-0.39, 0.29) is 23.2 Å². The molecule has 2 N–H and O–H groups in total. The van der Waals surface area contributed by atoms with Crippen molar-refractivity contribution in [2.24, 2.45) is 0 Å². The zero-order valence-electron chi connectivity index (χ0n) is 15.5. The first-order chi connectivity index (χ1) is 13.4. The third-order valence-electron chi connectivity index (χ3n) is 5.16. The number of aliphatic hydroxyl groups is 1. The Hall–Kier alpha value is -2.46. The highest BCUT2D eigenvalue weighted by Crippen LogP contribution is 2.35. The number of ketones is 1. The SMILES string of the molecule is C[C@H](O)C(=O)[C@]1(N(Cc2ccccc2F)c2ccc(C#N)c(Cl)c2)CCNC1. The van der Waals surface area contributed by atoms with E-state index in [9.17, 15) is 14.3 Å². The molecular formula is C21H21ClFN3O2. The number of hydrogen-bond donors (Lipinski definition) is 2. The second-order valence-corrected chi connectivity index (χ2v) is 7.36. The minimum atomic E-state index is -1.17. The lowest BCUT2D eigenvalue weighted by Crippen LogP contribution is -2.59. The minimum absolute atomic E-state index is 0.120. The Morgan fingerprint density at radius 3 is 2.75 bits per heavy atom. The summed E-state index contributed by atoms with van der Waals surface area (Å²) in [6.45, 7) is 2.48. The summed E-state index contributed by atoms with van der Waals surface area (Å²) in [5, 5.41) is 22.6. The molecule has 5 nitrogen and oxygen atoms in total. The maximum atomic E-state index is 14.4. The molecule has 0 aliphatic carbocycles. The summed E-state index contributed by atoms with van der Waals surface area (Å²) < 4.78 is 14.4. The van der Waals surface area contributed by atoms with Crippen molar-refractivity contribution in [2.45, 2.75) is 31.5 Å². The summed E-state index contributed by atoms with van der Waals surface area (Å²) in [5.41, 5.74) is 0.280. The molecule has 7 heteroatoms. The van der Waals surface area contributed by atoms with Crippen molar-refractivity contribution in [1.29, 1.82) is 5.26 Å². The van der Waals surface area contributed by atoms with Crippen LogP contribution in [0.2, 0.25) is 5.02 Å². The van der Waals surface area contributed by atoms with Gasteiger partial charge in [-0.15, -0.1) is 0 Å². The van der Waals surface area contributed by atoms with Crippen LogP contribution in [0.5, 0.6) is 0 Å². The van der Waals surface area contributed by atoms with Crippen molar-refractivity contribution in [2.75, 3.05) is 18.0 Å². The third-order valence-corrected chi connectivity index (χ3v) is 5.47. The molecular weight excluding hydrogens is 381 g/mol. The predicted molar refractivity (Wildman–Crippen MR) is 106 cm³/mol. The Morgan fingerprint density at radius 2 is 2.18 bits per heavy atom. The zero-order chi connectivity index (χ0) is 20.3. The molecule has 146 valence electrons. The number of nitriles is 1. The van der Waals surface area contributed by atoms with Crippen molar-refractivity contribution in [3.63, 3.8) is 0 Å². The van der Waals surface area contributed by atoms with Crippen molar-refractivity contribution in [3.05, 3.63) is 64.4 Å². The molecule has 0 spiro atoms. The number of nitrogens with one attached hydrogen (secondary N) is 1. The quantitative estimate of drug-likeness (QED) is 0.778. The van der Waals surface area contributed by atoms with Crippen molar-refractivity contribution >= 4 is 23.1 Å². The van der Waals surface area contributed by atoms with Gasteiger partial charge in [0.25, 0.3) is 0 Å². The number of hydrogen-bond acceptors (Lipinski definition) is 5. The van der Waals surface area contributed by atoms with Gasteiger partial charge in [0, 0.05) is 24.3 Å². The lowest BCUT2D eigenvalue weighted by atomic mass is 9.86. The van der Waals surface area contributed by atoms with Gasteiger partial charge in [-0.25, -0.2) is 4.39 Å². The molecule has 1 aliphatic heterocycles. The molecule has 2 atom stereocenters. The maximum absolute atomic E-state index is 14.4. The molecule has 2 aromatic rings. The van der Waals surface area contributed by atoms with Crippen LogP contribution in [0, 0.1) is 17.1 Å². The van der Waals surface area contributed by atoms with E-state index < -0.39 is 11.6 Å². The number of carbonyl (C=O) groups excluding carboxylic acids is 1. The maximum Gasteiger partial charge on any atom is 0.187 e. The standard InChI is InChI=1S/C21H21ClFN3O2/c1-14(27)20(28)21(8-9-25-13-21)26(12-16-4-2-3-5-19(16)23)17-7-6-15(11-24)18(22)10-17/h2-7,10,14,25,27H,8-9,12-13H2,1H3/t14-,21-/m0/s1. The number of aliphatic hydroxyl groups excluding tert-OH is 1. The molecule has 28 heavy (non-hydrogen) atoms. The molecule has 3 rings (SSSR count). The number of Topliss-reactive ketones (excluding diaryl/α,β-unsaturated/α-hetero) is 1. The Balaban J connectivity index is 2.13. The Labute approximate surface area is 168 Å². The smallest absolute Gasteiger partial charge is 0.187 e. The highest BCUT2D eigenvalue weighted by molar-refractivity contribution is 6.32. The van der Waals surface area contributed by atoms with Crippen molar-refractivity contribution in [1.82, 2.24) is 5.32 Å². The predicted octanol–water partition coefficient (Wildman–Crippen LogP) is 3.04. The van der Waals surface area contributed by atoms with Crippen LogP contribution >= 0.6 is 11.6 Å². The average Bonchev–Trinajstić information content (AvgIpc) is 3.17. The fourth-order valence-electron chi connectivity index (χ4n) is 3.69. The van der Waals surface area contributed by atoms with Gasteiger partial charge in [0.2, 0.25) is 0 Å². The molecule has 0 bridgehead atoms. The van der Waals surface area contributed by atoms with E-state index in [0.29, 0.717) is 36.3 Å². The lowest BCUT2D eigenvalue weighted by Gasteiger charge is -2.42. The largest absolute Gasteiger partial charge is 0.386 e. The first-order valence-electron chi connectivity index (χ1n) is 9.03. The minimum Gasteiger partial charge on any atom is -0.386 e. The van der Waals surface area contributed by atoms with Crippen LogP contribution in [0.3, 0.4) is 0 Å². The first kappa shape index (κ1) is 20.3. The third kappa shape index (κ3) is 3.74. The molecule has 0 amide bonds. The van der Waals surface area contributed by atoms with Gasteiger partial charge in [-0.1, -0.05) is 29.8 Å². The van der Waals surface area contributed by atoms with Gasteiger partial charge in [-0.05, 0) is 44.2 Å². The summed E-state index contributed by atoms with van der Waals surface area (Å²) in [6, 6.07) is 13.3. The molecule has 1 heterocycles. The summed E-state index contributed by atoms with van der Waals surface area (Å²) in [6.07, 6.45) is -0.708. The van der Waals surface area contributed by atoms with Gasteiger partial charge >= 0.3 is 0 Å². The first-order valence-corrected chi connectivity index (χ1v) is 9.40. The fraction of sp³-hybridized carbons (Fsp3) is 0.333. The van der Waals surface area contributed by atoms with Crippen LogP contribution in [0.4, 0.5) is 10.1 Å². The second kappa shape index (κ2) is 8.27. The van der Waals surface area contributed by atoms with Gasteiger partial charge in [-0.3, -0.25) is 4.79 Å². The number of nitrogens with zero attached hydrogens (tertiary/aromatic N) is 2. The van der Waals surface area contributed by atoms with E-state index in [0.717, 1.165) is 0 Å². The number of carbonyl (C=O) groups is 1. The van der Waals surface area contributed by atoms with Crippen LogP contribution in [0.25, 0.3) is 0 Å². The van der Waals surface area contributed by atoms with E-state index in [4.69, 9.17) is 16.9 Å². The number of benzene rings is 2. The zero-order valence-corrected chi connectivity index (χ0v) is 16.2. The van der Waals surface area contributed by atoms with Gasteiger partial charge < -0.3 is 15.3 Å². The second-order valence-electron chi connectivity index (χ2n) is 6.95. The highest BCUT2D eigenvalue weighted by atomic mass is 35.5. The number of anilines is 1. The van der Waals surface area contributed by atoms with E-state index in [2.05, 4.69) is 5.32 Å². The molecule has 2 aromatic carbocycles. The summed E-state index contributed by atoms with van der Waals surface area (Å²) in [5.74, 6) is -0.716. The molecule has 0 aromatic heterocycles. The number of halogens is 2. The Bertz CT molecular complexity index is 920. The van der Waals surface area contributed by atoms with E-state index in [1.54, 1.807) is 41.3 Å². The van der Waals surface area contributed by atoms with E-state index in [1.165, 1.54) is 13.0 Å². The monoisotopic (exact) mass is 401 g/mol. The van der Waals surface area contributed by atoms with Crippen LogP contribution in [-0.4, -0.2) is 35.6 Å². The summed E-state index contributed by atoms with van der Waals surface area (Å²) in [7, 11) is 0. The van der Waals surface area contributed by atoms with Crippen LogP contribution in [0.15, 0.2) is 42.5 Å². The van der Waals surface area contributed by atoms with E-state index in [1.807, 2.05) is 6.07 Å². The molecule has 0 saturated carbocycles. The molecule has 0 unspecified atom stereocenters. The lowest BCUT2D eigenvalue weighted by molar-refractivity contribution is -0.131. The Kier molecular flexibility index (Phi) is 5.99. The van der Waals surface area contributed by atoms with E-state index >= 15 is 0 Å². The van der Waals surface area contributed by atoms with Gasteiger partial charge in [0.05, 0.1) is 10.6 Å². The van der Waals surface area contributed by atoms with Crippen molar-refractivity contribution in [3.8, 4) is 6.07 Å². The van der Waals surface area contributed by atoms with Gasteiger partial charge in [0.15, 0.2) is 5.78 Å². The molecule has 0 radical (unpaired) electrons. The van der Waals surface area contributed by atoms with Gasteiger partial charge in [-0.2, -0.15) is 5.26 Å². The highest BCUT2D eigenvalue weighted by Gasteiger charge is 2.48. The molecule has 1 aliphatic rings. The van der Waals surface area contributed by atoms with Crippen LogP contribution < -0.4 is 10.2 Å². The molecule has 1 fully saturated rings.